The number of rotatable bonds is 3. The van der Waals surface area contributed by atoms with Gasteiger partial charge in [0.1, 0.15) is 0 Å². The standard InChI is InChI=1S/C17H20N2O4/c1-11(20)12-4-6-14(7-5-12)18-16(23)19-9-13-3-2-8-17(13,10-19)15(21)22/h4-7,13H,2-3,8-10H2,1H3,(H,18,23)(H,21,22)/t13-,17+/m0/s1. The molecule has 1 aromatic carbocycles. The minimum absolute atomic E-state index is 0.0290. The lowest BCUT2D eigenvalue weighted by molar-refractivity contribution is -0.149. The van der Waals surface area contributed by atoms with Crippen molar-refractivity contribution in [2.75, 3.05) is 18.4 Å². The molecule has 1 heterocycles. The van der Waals surface area contributed by atoms with Crippen LogP contribution in [-0.4, -0.2) is 40.9 Å². The summed E-state index contributed by atoms with van der Waals surface area (Å²) in [6.45, 7) is 2.25. The third-order valence-electron chi connectivity index (χ3n) is 5.13. The molecule has 0 aromatic heterocycles. The maximum Gasteiger partial charge on any atom is 0.321 e. The summed E-state index contributed by atoms with van der Waals surface area (Å²) in [5.74, 6) is -0.773. The van der Waals surface area contributed by atoms with Crippen molar-refractivity contribution < 1.29 is 19.5 Å². The normalized spacial score (nSPS) is 26.0. The molecule has 0 radical (unpaired) electrons. The summed E-state index contributed by atoms with van der Waals surface area (Å²) in [6, 6.07) is 6.40. The minimum atomic E-state index is -0.791. The van der Waals surface area contributed by atoms with E-state index in [1.54, 1.807) is 29.2 Å². The molecule has 2 fully saturated rings. The fourth-order valence-corrected chi connectivity index (χ4v) is 3.78. The second kappa shape index (κ2) is 5.68. The zero-order valence-corrected chi connectivity index (χ0v) is 13.0. The molecule has 2 aliphatic rings. The summed E-state index contributed by atoms with van der Waals surface area (Å²) >= 11 is 0. The van der Waals surface area contributed by atoms with Crippen molar-refractivity contribution in [2.24, 2.45) is 11.3 Å². The third kappa shape index (κ3) is 2.69. The number of aliphatic carboxylic acids is 1. The van der Waals surface area contributed by atoms with E-state index >= 15 is 0 Å². The number of fused-ring (bicyclic) bond motifs is 1. The maximum absolute atomic E-state index is 12.4. The molecule has 2 N–H and O–H groups in total. The second-order valence-electron chi connectivity index (χ2n) is 6.49. The van der Waals surface area contributed by atoms with E-state index in [0.717, 1.165) is 12.8 Å². The first kappa shape index (κ1) is 15.5. The van der Waals surface area contributed by atoms with Crippen molar-refractivity contribution in [1.29, 1.82) is 0 Å². The molecule has 1 aromatic rings. The molecule has 23 heavy (non-hydrogen) atoms. The number of carboxylic acid groups (broad SMARTS) is 1. The van der Waals surface area contributed by atoms with E-state index in [1.165, 1.54) is 6.92 Å². The number of likely N-dealkylation sites (tertiary alicyclic amines) is 1. The summed E-state index contributed by atoms with van der Waals surface area (Å²) in [6.07, 6.45) is 2.42. The van der Waals surface area contributed by atoms with Gasteiger partial charge in [0.2, 0.25) is 0 Å². The molecule has 1 aliphatic heterocycles. The van der Waals surface area contributed by atoms with Gasteiger partial charge in [0, 0.05) is 24.3 Å². The minimum Gasteiger partial charge on any atom is -0.481 e. The number of hydrogen-bond donors (Lipinski definition) is 2. The number of urea groups is 1. The van der Waals surface area contributed by atoms with Gasteiger partial charge in [-0.2, -0.15) is 0 Å². The Balaban J connectivity index is 1.68. The number of carboxylic acids is 1. The summed E-state index contributed by atoms with van der Waals surface area (Å²) < 4.78 is 0. The van der Waals surface area contributed by atoms with Crippen LogP contribution in [0.3, 0.4) is 0 Å². The number of nitrogens with zero attached hydrogens (tertiary/aromatic N) is 1. The lowest BCUT2D eigenvalue weighted by atomic mass is 9.81. The van der Waals surface area contributed by atoms with E-state index in [2.05, 4.69) is 5.32 Å². The average molecular weight is 316 g/mol. The number of amides is 2. The predicted molar refractivity (Wildman–Crippen MR) is 84.4 cm³/mol. The number of carbonyl (C=O) groups is 3. The number of benzene rings is 1. The molecule has 2 atom stereocenters. The largest absolute Gasteiger partial charge is 0.481 e. The van der Waals surface area contributed by atoms with Crippen LogP contribution in [0.25, 0.3) is 0 Å². The van der Waals surface area contributed by atoms with E-state index < -0.39 is 11.4 Å². The Labute approximate surface area is 134 Å². The Hall–Kier alpha value is -2.37. The van der Waals surface area contributed by atoms with Crippen molar-refractivity contribution in [2.45, 2.75) is 26.2 Å². The van der Waals surface area contributed by atoms with Gasteiger partial charge in [0.05, 0.1) is 5.41 Å². The third-order valence-corrected chi connectivity index (χ3v) is 5.13. The number of carbonyl (C=O) groups excluding carboxylic acids is 2. The number of ketones is 1. The maximum atomic E-state index is 12.4. The molecule has 0 bridgehead atoms. The van der Waals surface area contributed by atoms with Gasteiger partial charge in [-0.3, -0.25) is 9.59 Å². The molecule has 0 spiro atoms. The molecular formula is C17H20N2O4. The average Bonchev–Trinajstić information content (AvgIpc) is 3.05. The van der Waals surface area contributed by atoms with Crippen molar-refractivity contribution >= 4 is 23.5 Å². The molecular weight excluding hydrogens is 296 g/mol. The number of hydrogen-bond acceptors (Lipinski definition) is 3. The van der Waals surface area contributed by atoms with Gasteiger partial charge in [-0.05, 0) is 49.9 Å². The van der Waals surface area contributed by atoms with Crippen molar-refractivity contribution in [3.63, 3.8) is 0 Å². The van der Waals surface area contributed by atoms with Crippen LogP contribution in [-0.2, 0) is 4.79 Å². The molecule has 1 aliphatic carbocycles. The van der Waals surface area contributed by atoms with Gasteiger partial charge in [-0.25, -0.2) is 4.79 Å². The number of Topliss-reactive ketones (excluding diaryl/α,β-unsaturated/α-hetero) is 1. The molecule has 1 saturated heterocycles. The lowest BCUT2D eigenvalue weighted by Crippen LogP contribution is -2.38. The fraction of sp³-hybridized carbons (Fsp3) is 0.471. The van der Waals surface area contributed by atoms with Crippen LogP contribution in [0.4, 0.5) is 10.5 Å². The highest BCUT2D eigenvalue weighted by atomic mass is 16.4. The van der Waals surface area contributed by atoms with Crippen LogP contribution >= 0.6 is 0 Å². The zero-order chi connectivity index (χ0) is 16.6. The van der Waals surface area contributed by atoms with Crippen molar-refractivity contribution in [3.8, 4) is 0 Å². The summed E-state index contributed by atoms with van der Waals surface area (Å²) in [5, 5.41) is 12.3. The van der Waals surface area contributed by atoms with Crippen LogP contribution in [0.15, 0.2) is 24.3 Å². The zero-order valence-electron chi connectivity index (χ0n) is 13.0. The number of nitrogens with one attached hydrogen (secondary N) is 1. The van der Waals surface area contributed by atoms with Gasteiger partial charge in [0.15, 0.2) is 5.78 Å². The smallest absolute Gasteiger partial charge is 0.321 e. The fourth-order valence-electron chi connectivity index (χ4n) is 3.78. The molecule has 6 heteroatoms. The van der Waals surface area contributed by atoms with Crippen LogP contribution in [0.2, 0.25) is 0 Å². The Morgan fingerprint density at radius 1 is 1.26 bits per heavy atom. The van der Waals surface area contributed by atoms with Gasteiger partial charge >= 0.3 is 12.0 Å². The van der Waals surface area contributed by atoms with Gasteiger partial charge in [-0.15, -0.1) is 0 Å². The highest BCUT2D eigenvalue weighted by Gasteiger charge is 2.55. The summed E-state index contributed by atoms with van der Waals surface area (Å²) in [5.41, 5.74) is 0.417. The first-order valence-corrected chi connectivity index (χ1v) is 7.83. The Kier molecular flexibility index (Phi) is 3.83. The van der Waals surface area contributed by atoms with Gasteiger partial charge in [0.25, 0.3) is 0 Å². The Morgan fingerprint density at radius 2 is 1.96 bits per heavy atom. The molecule has 122 valence electrons. The Bertz CT molecular complexity index is 655. The van der Waals surface area contributed by atoms with Crippen molar-refractivity contribution in [1.82, 2.24) is 4.90 Å². The SMILES string of the molecule is CC(=O)c1ccc(NC(=O)N2C[C@@H]3CCC[C@@]3(C(=O)O)C2)cc1. The van der Waals surface area contributed by atoms with E-state index in [9.17, 15) is 19.5 Å². The molecule has 2 amide bonds. The summed E-state index contributed by atoms with van der Waals surface area (Å²) in [4.78, 5) is 36.9. The molecule has 3 rings (SSSR count). The summed E-state index contributed by atoms with van der Waals surface area (Å²) in [7, 11) is 0. The quantitative estimate of drug-likeness (QED) is 0.839. The van der Waals surface area contributed by atoms with E-state index in [0.29, 0.717) is 24.2 Å². The second-order valence-corrected chi connectivity index (χ2v) is 6.49. The first-order valence-electron chi connectivity index (χ1n) is 7.83. The van der Waals surface area contributed by atoms with Gasteiger partial charge < -0.3 is 15.3 Å². The van der Waals surface area contributed by atoms with E-state index in [4.69, 9.17) is 0 Å². The van der Waals surface area contributed by atoms with E-state index in [-0.39, 0.29) is 24.3 Å². The van der Waals surface area contributed by atoms with Crippen LogP contribution in [0.5, 0.6) is 0 Å². The van der Waals surface area contributed by atoms with Crippen LogP contribution < -0.4 is 5.32 Å². The van der Waals surface area contributed by atoms with E-state index in [1.807, 2.05) is 0 Å². The monoisotopic (exact) mass is 316 g/mol. The number of anilines is 1. The highest BCUT2D eigenvalue weighted by molar-refractivity contribution is 5.95. The van der Waals surface area contributed by atoms with Crippen LogP contribution in [0, 0.1) is 11.3 Å². The first-order chi connectivity index (χ1) is 10.9. The van der Waals surface area contributed by atoms with Gasteiger partial charge in [-0.1, -0.05) is 6.42 Å². The highest BCUT2D eigenvalue weighted by Crippen LogP contribution is 2.48. The van der Waals surface area contributed by atoms with Crippen LogP contribution in [0.1, 0.15) is 36.5 Å². The molecule has 6 nitrogen and oxygen atoms in total. The topological polar surface area (TPSA) is 86.7 Å². The molecule has 0 unspecified atom stereocenters. The Morgan fingerprint density at radius 3 is 2.52 bits per heavy atom. The van der Waals surface area contributed by atoms with Crippen molar-refractivity contribution in [3.05, 3.63) is 29.8 Å². The predicted octanol–water partition coefficient (Wildman–Crippen LogP) is 2.61. The molecule has 1 saturated carbocycles. The lowest BCUT2D eigenvalue weighted by Gasteiger charge is -2.23.